The SMILES string of the molecule is C=CCn1cnc2c(c1=O)c1nc3ccccc3nc1n2/N=C/c1cc[nH+]cc1. The van der Waals surface area contributed by atoms with E-state index < -0.39 is 0 Å². The molecule has 1 aromatic carbocycles. The number of nitrogens with one attached hydrogen (secondary N) is 1. The summed E-state index contributed by atoms with van der Waals surface area (Å²) in [5.41, 5.74) is 3.51. The van der Waals surface area contributed by atoms with Crippen LogP contribution in [0.5, 0.6) is 0 Å². The minimum Gasteiger partial charge on any atom is -0.295 e. The first-order valence-electron chi connectivity index (χ1n) is 9.04. The van der Waals surface area contributed by atoms with E-state index in [2.05, 4.69) is 21.6 Å². The first-order chi connectivity index (χ1) is 14.3. The van der Waals surface area contributed by atoms with Gasteiger partial charge >= 0.3 is 0 Å². The quantitative estimate of drug-likeness (QED) is 0.352. The molecule has 0 atom stereocenters. The fourth-order valence-corrected chi connectivity index (χ4v) is 3.24. The molecule has 8 heteroatoms. The lowest BCUT2D eigenvalue weighted by molar-refractivity contribution is -0.378. The molecule has 5 rings (SSSR count). The molecule has 0 saturated heterocycles. The average molecular weight is 382 g/mol. The number of hydrogen-bond acceptors (Lipinski definition) is 5. The van der Waals surface area contributed by atoms with Gasteiger partial charge in [-0.1, -0.05) is 18.2 Å². The summed E-state index contributed by atoms with van der Waals surface area (Å²) in [6.45, 7) is 4.06. The zero-order valence-electron chi connectivity index (χ0n) is 15.4. The molecule has 5 aromatic rings. The molecule has 140 valence electrons. The van der Waals surface area contributed by atoms with Crippen molar-refractivity contribution in [2.75, 3.05) is 0 Å². The van der Waals surface area contributed by atoms with Gasteiger partial charge in [-0.05, 0) is 12.1 Å². The van der Waals surface area contributed by atoms with Crippen LogP contribution >= 0.6 is 0 Å². The van der Waals surface area contributed by atoms with Crippen LogP contribution in [0.15, 0.2) is 77.7 Å². The van der Waals surface area contributed by atoms with Crippen LogP contribution in [-0.2, 0) is 6.54 Å². The Kier molecular flexibility index (Phi) is 3.94. The first kappa shape index (κ1) is 16.9. The summed E-state index contributed by atoms with van der Waals surface area (Å²) in [5.74, 6) is 0. The van der Waals surface area contributed by atoms with Crippen LogP contribution < -0.4 is 10.5 Å². The molecule has 4 heterocycles. The van der Waals surface area contributed by atoms with Crippen molar-refractivity contribution in [2.45, 2.75) is 6.54 Å². The summed E-state index contributed by atoms with van der Waals surface area (Å²) in [7, 11) is 0. The fourth-order valence-electron chi connectivity index (χ4n) is 3.24. The van der Waals surface area contributed by atoms with Gasteiger partial charge in [-0.25, -0.2) is 19.9 Å². The molecule has 0 fully saturated rings. The van der Waals surface area contributed by atoms with Crippen LogP contribution in [-0.4, -0.2) is 30.4 Å². The lowest BCUT2D eigenvalue weighted by atomic mass is 10.3. The van der Waals surface area contributed by atoms with Crippen LogP contribution in [0.2, 0.25) is 0 Å². The van der Waals surface area contributed by atoms with Crippen LogP contribution in [0.25, 0.3) is 33.2 Å². The van der Waals surface area contributed by atoms with E-state index in [0.717, 1.165) is 11.1 Å². The molecule has 0 spiro atoms. The first-order valence-corrected chi connectivity index (χ1v) is 9.04. The summed E-state index contributed by atoms with van der Waals surface area (Å²) < 4.78 is 3.06. The van der Waals surface area contributed by atoms with Crippen LogP contribution in [0.1, 0.15) is 5.56 Å². The highest BCUT2D eigenvalue weighted by atomic mass is 16.1. The molecule has 0 radical (unpaired) electrons. The Morgan fingerprint density at radius 3 is 2.59 bits per heavy atom. The zero-order valence-corrected chi connectivity index (χ0v) is 15.4. The molecule has 29 heavy (non-hydrogen) atoms. The predicted molar refractivity (Wildman–Crippen MR) is 111 cm³/mol. The number of fused-ring (bicyclic) bond motifs is 4. The predicted octanol–water partition coefficient (Wildman–Crippen LogP) is 2.18. The third kappa shape index (κ3) is 2.78. The molecule has 0 bridgehead atoms. The van der Waals surface area contributed by atoms with E-state index in [0.29, 0.717) is 34.3 Å². The van der Waals surface area contributed by atoms with Crippen molar-refractivity contribution in [2.24, 2.45) is 5.10 Å². The van der Waals surface area contributed by atoms with E-state index in [1.807, 2.05) is 48.8 Å². The number of nitrogens with zero attached hydrogens (tertiary/aromatic N) is 6. The molecule has 8 nitrogen and oxygen atoms in total. The minimum absolute atomic E-state index is 0.201. The van der Waals surface area contributed by atoms with Crippen LogP contribution in [0.4, 0.5) is 0 Å². The van der Waals surface area contributed by atoms with Gasteiger partial charge < -0.3 is 0 Å². The summed E-state index contributed by atoms with van der Waals surface area (Å²) >= 11 is 0. The number of benzene rings is 1. The number of hydrogen-bond donors (Lipinski definition) is 0. The van der Waals surface area contributed by atoms with Crippen molar-refractivity contribution < 1.29 is 4.98 Å². The lowest BCUT2D eigenvalue weighted by Gasteiger charge is -2.01. The van der Waals surface area contributed by atoms with Crippen molar-refractivity contribution in [1.29, 1.82) is 0 Å². The van der Waals surface area contributed by atoms with Gasteiger partial charge in [0.05, 0.1) is 17.2 Å². The van der Waals surface area contributed by atoms with Gasteiger partial charge in [-0.2, -0.15) is 9.78 Å². The van der Waals surface area contributed by atoms with E-state index in [1.54, 1.807) is 17.0 Å². The molecular formula is C21H16N7O+. The second-order valence-corrected chi connectivity index (χ2v) is 6.46. The second kappa shape index (κ2) is 6.75. The Labute approximate surface area is 164 Å². The van der Waals surface area contributed by atoms with Crippen molar-refractivity contribution in [3.8, 4) is 0 Å². The monoisotopic (exact) mass is 382 g/mol. The van der Waals surface area contributed by atoms with Gasteiger partial charge in [-0.15, -0.1) is 6.58 Å². The van der Waals surface area contributed by atoms with Gasteiger partial charge in [0.25, 0.3) is 5.56 Å². The van der Waals surface area contributed by atoms with Gasteiger partial charge in [0, 0.05) is 24.2 Å². The van der Waals surface area contributed by atoms with E-state index >= 15 is 0 Å². The molecule has 0 aliphatic carbocycles. The molecule has 0 aliphatic heterocycles. The zero-order chi connectivity index (χ0) is 19.8. The summed E-state index contributed by atoms with van der Waals surface area (Å²) in [6.07, 6.45) is 8.47. The summed E-state index contributed by atoms with van der Waals surface area (Å²) in [5, 5.41) is 4.95. The normalized spacial score (nSPS) is 11.7. The number of para-hydroxylation sites is 2. The van der Waals surface area contributed by atoms with E-state index in [1.165, 1.54) is 10.9 Å². The smallest absolute Gasteiger partial charge is 0.265 e. The van der Waals surface area contributed by atoms with Gasteiger partial charge in [0.2, 0.25) is 0 Å². The Hall–Kier alpha value is -4.20. The van der Waals surface area contributed by atoms with Crippen molar-refractivity contribution in [3.63, 3.8) is 0 Å². The molecular weight excluding hydrogens is 366 g/mol. The average Bonchev–Trinajstić information content (AvgIpc) is 3.06. The van der Waals surface area contributed by atoms with Crippen LogP contribution in [0, 0.1) is 0 Å². The van der Waals surface area contributed by atoms with E-state index in [9.17, 15) is 4.79 Å². The lowest BCUT2D eigenvalue weighted by Crippen LogP contribution is -2.19. The Bertz CT molecular complexity index is 1470. The number of pyridine rings is 1. The maximum Gasteiger partial charge on any atom is 0.265 e. The van der Waals surface area contributed by atoms with E-state index in [-0.39, 0.29) is 5.56 Å². The Balaban J connectivity index is 1.87. The highest BCUT2D eigenvalue weighted by molar-refractivity contribution is 6.04. The minimum atomic E-state index is -0.201. The van der Waals surface area contributed by atoms with Gasteiger partial charge in [-0.3, -0.25) is 9.36 Å². The van der Waals surface area contributed by atoms with Crippen molar-refractivity contribution >= 4 is 39.4 Å². The highest BCUT2D eigenvalue weighted by Gasteiger charge is 2.19. The number of rotatable bonds is 4. The molecule has 0 aliphatic rings. The number of H-pyrrole nitrogens is 1. The topological polar surface area (TPSA) is 92.1 Å². The Morgan fingerprint density at radius 1 is 1.07 bits per heavy atom. The third-order valence-corrected chi connectivity index (χ3v) is 4.60. The van der Waals surface area contributed by atoms with Gasteiger partial charge in [0.1, 0.15) is 17.2 Å². The molecule has 0 saturated carbocycles. The van der Waals surface area contributed by atoms with Crippen molar-refractivity contribution in [1.82, 2.24) is 24.2 Å². The van der Waals surface area contributed by atoms with E-state index in [4.69, 9.17) is 9.97 Å². The second-order valence-electron chi connectivity index (χ2n) is 6.46. The van der Waals surface area contributed by atoms with Crippen LogP contribution in [0.3, 0.4) is 0 Å². The summed E-state index contributed by atoms with van der Waals surface area (Å²) in [6, 6.07) is 11.3. The molecule has 0 amide bonds. The molecule has 1 N–H and O–H groups in total. The Morgan fingerprint density at radius 2 is 1.83 bits per heavy atom. The highest BCUT2D eigenvalue weighted by Crippen LogP contribution is 2.24. The fraction of sp³-hybridized carbons (Fsp3) is 0.0476. The molecule has 4 aromatic heterocycles. The number of allylic oxidation sites excluding steroid dienone is 1. The number of aromatic amines is 1. The largest absolute Gasteiger partial charge is 0.295 e. The maximum absolute atomic E-state index is 13.1. The summed E-state index contributed by atoms with van der Waals surface area (Å²) in [4.78, 5) is 30.0. The van der Waals surface area contributed by atoms with Crippen molar-refractivity contribution in [3.05, 3.63) is 83.7 Å². The number of aromatic nitrogens is 6. The van der Waals surface area contributed by atoms with Gasteiger partial charge in [0.15, 0.2) is 23.7 Å². The third-order valence-electron chi connectivity index (χ3n) is 4.60. The standard InChI is InChI=1S/C21H15N7O/c1-2-11-27-13-23-19-17(21(27)29)18-20(26-16-6-4-3-5-15(16)25-18)28(19)24-12-14-7-9-22-10-8-14/h2-10,12-13H,1,11H2/p+1/b24-12+. The molecule has 0 unspecified atom stereocenters. The maximum atomic E-state index is 13.1.